The summed E-state index contributed by atoms with van der Waals surface area (Å²) in [7, 11) is 1.91. The minimum atomic E-state index is 0.753. The average molecular weight is 251 g/mol. The van der Waals surface area contributed by atoms with E-state index in [1.54, 1.807) is 0 Å². The Morgan fingerprint density at radius 2 is 2.20 bits per heavy atom. The number of halogens is 1. The summed E-state index contributed by atoms with van der Waals surface area (Å²) in [5, 5.41) is 0. The Hall–Kier alpha value is 1.93. The molecule has 0 aromatic carbocycles. The second kappa shape index (κ2) is 1.01. The van der Waals surface area contributed by atoms with Crippen LogP contribution in [0.25, 0.3) is 0 Å². The Morgan fingerprint density at radius 3 is 2.20 bits per heavy atom. The van der Waals surface area contributed by atoms with Gasteiger partial charge in [-0.2, -0.15) is 0 Å². The molecule has 2 rings (SSSR count). The summed E-state index contributed by atoms with van der Waals surface area (Å²) >= 11 is 2.65. The standard InChI is InChI=1S/IP4/c1-3-4-2-5(3)4/q+1. The summed E-state index contributed by atoms with van der Waals surface area (Å²) in [5.74, 6) is 0. The quantitative estimate of drug-likeness (QED) is 0.611. The van der Waals surface area contributed by atoms with Gasteiger partial charge in [0.2, 0.25) is 0 Å². The predicted octanol–water partition coefficient (Wildman–Crippen LogP) is 4.33. The molecule has 0 saturated carbocycles. The average Bonchev–Trinajstić information content (AvgIpc) is 2.11. The van der Waals surface area contributed by atoms with Crippen molar-refractivity contribution in [2.75, 3.05) is 0 Å². The third kappa shape index (κ3) is 0.472. The highest BCUT2D eigenvalue weighted by Crippen LogP contribution is 3.16. The van der Waals surface area contributed by atoms with Gasteiger partial charge in [0.25, 0.3) is 0 Å². The van der Waals surface area contributed by atoms with Crippen LogP contribution in [0.3, 0.4) is 0 Å². The van der Waals surface area contributed by atoms with Crippen molar-refractivity contribution < 1.29 is 0 Å². The third-order valence-corrected chi connectivity index (χ3v) is 48.8. The molecule has 0 spiro atoms. The van der Waals surface area contributed by atoms with E-state index >= 15 is 0 Å². The Kier molecular flexibility index (Phi) is 0.785. The summed E-state index contributed by atoms with van der Waals surface area (Å²) in [6, 6.07) is 0. The second-order valence-corrected chi connectivity index (χ2v) is 28.4. The first-order valence-corrected chi connectivity index (χ1v) is 12.4. The SMILES string of the molecule is Ip1p2p[p+]1-2. The maximum atomic E-state index is 2.65. The van der Waals surface area contributed by atoms with Crippen LogP contribution in [0.1, 0.15) is 0 Å². The monoisotopic (exact) mass is 251 g/mol. The molecule has 0 bridgehead atoms. The molecule has 2 atom stereocenters. The molecule has 2 unspecified atom stereocenters. The van der Waals surface area contributed by atoms with Crippen molar-refractivity contribution in [2.24, 2.45) is 0 Å². The first-order chi connectivity index (χ1) is 2.39. The molecule has 2 aliphatic heterocycles. The molecule has 0 radical (unpaired) electrons. The molecule has 5 heteroatoms. The van der Waals surface area contributed by atoms with Gasteiger partial charge in [-0.05, 0) is 0 Å². The molecule has 0 aliphatic carbocycles. The van der Waals surface area contributed by atoms with Crippen LogP contribution in [0.5, 0.6) is 0 Å². The molecule has 0 aromatic rings. The van der Waals surface area contributed by atoms with E-state index in [4.69, 9.17) is 0 Å². The second-order valence-electron chi connectivity index (χ2n) is 0.867. The lowest BCUT2D eigenvalue weighted by atomic mass is 29.8. The van der Waals surface area contributed by atoms with Crippen LogP contribution in [0, 0.1) is 0 Å². The number of hydrogen-bond donors (Lipinski definition) is 0. The molecular formula is IP4+. The van der Waals surface area contributed by atoms with Crippen molar-refractivity contribution >= 4 is 47.3 Å². The van der Waals surface area contributed by atoms with Gasteiger partial charge in [0, 0.05) is 22.0 Å². The van der Waals surface area contributed by atoms with E-state index in [9.17, 15) is 0 Å². The van der Waals surface area contributed by atoms with Gasteiger partial charge in [-0.25, -0.2) is 0 Å². The highest BCUT2D eigenvalue weighted by atomic mass is 127. The highest BCUT2D eigenvalue weighted by molar-refractivity contribution is 14.2. The fourth-order valence-corrected chi connectivity index (χ4v) is 61.7. The molecule has 0 aromatic heterocycles. The third-order valence-electron chi connectivity index (χ3n) is 0.554. The zero-order valence-electron chi connectivity index (χ0n) is 2.17. The summed E-state index contributed by atoms with van der Waals surface area (Å²) in [4.78, 5) is 0. The van der Waals surface area contributed by atoms with E-state index in [0.29, 0.717) is 0 Å². The summed E-state index contributed by atoms with van der Waals surface area (Å²) in [6.45, 7) is 1.65. The molecule has 0 amide bonds. The molecule has 26 valence electrons. The van der Waals surface area contributed by atoms with Crippen LogP contribution in [0.2, 0.25) is 0 Å². The Bertz CT molecular complexity index is 142. The zero-order chi connectivity index (χ0) is 3.44. The van der Waals surface area contributed by atoms with E-state index in [1.807, 2.05) is 7.55 Å². The molecule has 0 saturated heterocycles. The number of hydrogen-bond acceptors (Lipinski definition) is 0. The molecule has 2 aliphatic rings. The molecule has 0 N–H and O–H groups in total. The predicted molar refractivity (Wildman–Crippen MR) is 41.7 cm³/mol. The van der Waals surface area contributed by atoms with Crippen LogP contribution in [0.15, 0.2) is 0 Å². The van der Waals surface area contributed by atoms with E-state index < -0.39 is 0 Å². The molecule has 0 nitrogen and oxygen atoms in total. The largest absolute Gasteiger partial charge is 0.170 e. The van der Waals surface area contributed by atoms with Gasteiger partial charge in [0.1, 0.15) is 4.53 Å². The Labute approximate surface area is 47.2 Å². The van der Waals surface area contributed by atoms with Crippen molar-refractivity contribution in [2.45, 2.75) is 0 Å². The van der Waals surface area contributed by atoms with Crippen LogP contribution in [-0.4, -0.2) is 0 Å². The maximum Gasteiger partial charge on any atom is 0.170 e. The van der Waals surface area contributed by atoms with E-state index in [1.165, 1.54) is 0 Å². The fourth-order valence-electron chi connectivity index (χ4n) is 0.187. The van der Waals surface area contributed by atoms with Gasteiger partial charge in [-0.3, -0.25) is 0 Å². The van der Waals surface area contributed by atoms with Gasteiger partial charge < -0.3 is 0 Å². The molecule has 2 heterocycles. The number of rotatable bonds is 0. The van der Waals surface area contributed by atoms with Crippen molar-refractivity contribution in [3.8, 4) is 0 Å². The normalized spacial score (nSPS) is 25.4. The summed E-state index contributed by atoms with van der Waals surface area (Å²) in [6.07, 6.45) is 0. The van der Waals surface area contributed by atoms with Crippen molar-refractivity contribution in [3.63, 3.8) is 0 Å². The Morgan fingerprint density at radius 1 is 1.80 bits per heavy atom. The lowest BCUT2D eigenvalue weighted by Gasteiger charge is -1.37. The van der Waals surface area contributed by atoms with Crippen molar-refractivity contribution in [3.05, 3.63) is 0 Å². The van der Waals surface area contributed by atoms with Crippen molar-refractivity contribution in [1.82, 2.24) is 0 Å². The lowest BCUT2D eigenvalue weighted by molar-refractivity contribution is 5.67. The van der Waals surface area contributed by atoms with Gasteiger partial charge in [0.05, 0.1) is 0 Å². The molecule has 5 heavy (non-hydrogen) atoms. The molecular weight excluding hydrogens is 251 g/mol. The smallest absolute Gasteiger partial charge is 0.0220 e. The first kappa shape index (κ1) is 3.88. The van der Waals surface area contributed by atoms with Gasteiger partial charge in [-0.15, -0.1) is 0 Å². The van der Waals surface area contributed by atoms with E-state index in [2.05, 4.69) is 22.0 Å². The Balaban J connectivity index is 2.84. The lowest BCUT2D eigenvalue weighted by Crippen LogP contribution is -0.631. The van der Waals surface area contributed by atoms with Crippen LogP contribution >= 0.6 is 47.3 Å². The summed E-state index contributed by atoms with van der Waals surface area (Å²) in [5.41, 5.74) is 0. The van der Waals surface area contributed by atoms with Crippen LogP contribution in [0.4, 0.5) is 0 Å². The van der Waals surface area contributed by atoms with Gasteiger partial charge in [-0.1, -0.05) is 0 Å². The first-order valence-electron chi connectivity index (χ1n) is 1.17. The zero-order valence-corrected chi connectivity index (χ0v) is 7.90. The van der Waals surface area contributed by atoms with E-state index in [-0.39, 0.29) is 0 Å². The van der Waals surface area contributed by atoms with Gasteiger partial charge in [0.15, 0.2) is 20.7 Å². The minimum Gasteiger partial charge on any atom is 0.0220 e. The molecule has 0 fully saturated rings. The minimum absolute atomic E-state index is 0.753. The maximum absolute atomic E-state index is 2.65. The van der Waals surface area contributed by atoms with E-state index in [0.717, 1.165) is 17.7 Å². The summed E-state index contributed by atoms with van der Waals surface area (Å²) < 4.78 is 0.753. The van der Waals surface area contributed by atoms with Crippen LogP contribution in [-0.2, 0) is 0 Å². The fraction of sp³-hybridized carbons (Fsp3) is 0. The van der Waals surface area contributed by atoms with Gasteiger partial charge >= 0.3 is 0 Å². The number of fused-ring (bicyclic) bond motifs is 1. The van der Waals surface area contributed by atoms with Crippen molar-refractivity contribution in [1.29, 1.82) is 0 Å². The highest BCUT2D eigenvalue weighted by Gasteiger charge is 2.45. The van der Waals surface area contributed by atoms with Crippen LogP contribution < -0.4 is 0 Å². The topological polar surface area (TPSA) is 0 Å².